The van der Waals surface area contributed by atoms with E-state index < -0.39 is 6.04 Å². The summed E-state index contributed by atoms with van der Waals surface area (Å²) in [7, 11) is 1.57. The van der Waals surface area contributed by atoms with Crippen molar-refractivity contribution in [2.75, 3.05) is 24.7 Å². The largest absolute Gasteiger partial charge is 0.335 e. The van der Waals surface area contributed by atoms with Gasteiger partial charge in [0.05, 0.1) is 21.5 Å². The van der Waals surface area contributed by atoms with Crippen LogP contribution < -0.4 is 5.32 Å². The van der Waals surface area contributed by atoms with E-state index in [1.165, 1.54) is 4.90 Å². The van der Waals surface area contributed by atoms with E-state index in [9.17, 15) is 14.4 Å². The van der Waals surface area contributed by atoms with E-state index in [1.807, 2.05) is 6.92 Å². The van der Waals surface area contributed by atoms with Gasteiger partial charge in [-0.15, -0.1) is 11.8 Å². The predicted octanol–water partition coefficient (Wildman–Crippen LogP) is 2.84. The first-order valence-electron chi connectivity index (χ1n) is 8.17. The van der Waals surface area contributed by atoms with Crippen molar-refractivity contribution in [1.29, 1.82) is 0 Å². The van der Waals surface area contributed by atoms with E-state index in [0.717, 1.165) is 6.42 Å². The summed E-state index contributed by atoms with van der Waals surface area (Å²) in [6, 6.07) is 4.26. The highest BCUT2D eigenvalue weighted by molar-refractivity contribution is 8.01. The number of nitrogens with one attached hydrogen (secondary N) is 1. The lowest BCUT2D eigenvalue weighted by Gasteiger charge is -2.31. The van der Waals surface area contributed by atoms with Crippen LogP contribution in [0.25, 0.3) is 0 Å². The van der Waals surface area contributed by atoms with Crippen molar-refractivity contribution in [3.05, 3.63) is 28.2 Å². The van der Waals surface area contributed by atoms with Gasteiger partial charge in [-0.25, -0.2) is 0 Å². The summed E-state index contributed by atoms with van der Waals surface area (Å²) in [5.41, 5.74) is 0.504. The van der Waals surface area contributed by atoms with Gasteiger partial charge >= 0.3 is 0 Å². The molecule has 1 N–H and O–H groups in total. The molecule has 0 spiro atoms. The van der Waals surface area contributed by atoms with Crippen molar-refractivity contribution in [2.24, 2.45) is 0 Å². The highest BCUT2D eigenvalue weighted by atomic mass is 35.5. The lowest BCUT2D eigenvalue weighted by Crippen LogP contribution is -2.51. The molecule has 1 aromatic carbocycles. The van der Waals surface area contributed by atoms with Gasteiger partial charge in [0.2, 0.25) is 17.7 Å². The average Bonchev–Trinajstić information content (AvgIpc) is 3.06. The first-order valence-corrected chi connectivity index (χ1v) is 9.91. The Hall–Kier alpha value is -1.44. The van der Waals surface area contributed by atoms with E-state index >= 15 is 0 Å². The Bertz CT molecular complexity index is 776. The highest BCUT2D eigenvalue weighted by Crippen LogP contribution is 2.47. The minimum absolute atomic E-state index is 0.00417. The zero-order valence-corrected chi connectivity index (χ0v) is 16.7. The summed E-state index contributed by atoms with van der Waals surface area (Å²) in [6.45, 7) is 1.88. The fourth-order valence-electron chi connectivity index (χ4n) is 3.33. The molecule has 2 saturated heterocycles. The quantitative estimate of drug-likeness (QED) is 0.820. The van der Waals surface area contributed by atoms with Crippen LogP contribution in [0, 0.1) is 0 Å². The van der Waals surface area contributed by atoms with Gasteiger partial charge in [0.1, 0.15) is 6.04 Å². The number of hydrogen-bond donors (Lipinski definition) is 1. The van der Waals surface area contributed by atoms with Gasteiger partial charge in [-0.3, -0.25) is 14.4 Å². The summed E-state index contributed by atoms with van der Waals surface area (Å²) in [5.74, 6) is -0.00881. The third-order valence-electron chi connectivity index (χ3n) is 4.69. The van der Waals surface area contributed by atoms with Crippen LogP contribution in [0.5, 0.6) is 0 Å². The topological polar surface area (TPSA) is 69.7 Å². The molecule has 26 heavy (non-hydrogen) atoms. The zero-order chi connectivity index (χ0) is 19.1. The maximum Gasteiger partial charge on any atom is 0.246 e. The van der Waals surface area contributed by atoms with Crippen LogP contribution in [0.4, 0.5) is 5.69 Å². The van der Waals surface area contributed by atoms with Crippen LogP contribution in [0.2, 0.25) is 10.0 Å². The molecule has 0 aromatic heterocycles. The van der Waals surface area contributed by atoms with Gasteiger partial charge in [0.15, 0.2) is 0 Å². The fourth-order valence-corrected chi connectivity index (χ4v) is 5.05. The molecular formula is C17H19Cl2N3O3S. The Morgan fingerprint density at radius 3 is 2.81 bits per heavy atom. The van der Waals surface area contributed by atoms with Gasteiger partial charge in [0.25, 0.3) is 0 Å². The second-order valence-electron chi connectivity index (χ2n) is 6.64. The Kier molecular flexibility index (Phi) is 5.42. The van der Waals surface area contributed by atoms with E-state index in [1.54, 1.807) is 41.9 Å². The maximum atomic E-state index is 12.8. The van der Waals surface area contributed by atoms with Gasteiger partial charge in [-0.1, -0.05) is 23.2 Å². The molecule has 0 aliphatic carbocycles. The standard InChI is InChI=1S/C17H19Cl2N3O3S/c1-17-6-5-15(24)22(17)13(9-26-17)16(25)21(2)8-14(23)20-10-3-4-11(18)12(19)7-10/h3-4,7,13H,5-6,8-9H2,1-2H3,(H,20,23)/t13-,17+/m1/s1. The third-order valence-corrected chi connectivity index (χ3v) is 6.93. The number of amides is 3. The molecule has 3 rings (SSSR count). The molecule has 0 radical (unpaired) electrons. The van der Waals surface area contributed by atoms with Crippen LogP contribution in [0.1, 0.15) is 19.8 Å². The average molecular weight is 416 g/mol. The first-order chi connectivity index (χ1) is 12.2. The summed E-state index contributed by atoms with van der Waals surface area (Å²) < 4.78 is 0. The Morgan fingerprint density at radius 1 is 1.38 bits per heavy atom. The van der Waals surface area contributed by atoms with Crippen LogP contribution in [0.3, 0.4) is 0 Å². The number of carbonyl (C=O) groups is 3. The van der Waals surface area contributed by atoms with E-state index in [2.05, 4.69) is 5.32 Å². The molecule has 140 valence electrons. The van der Waals surface area contributed by atoms with Crippen molar-refractivity contribution in [3.8, 4) is 0 Å². The summed E-state index contributed by atoms with van der Waals surface area (Å²) in [5, 5.41) is 3.42. The number of halogens is 2. The monoisotopic (exact) mass is 415 g/mol. The summed E-state index contributed by atoms with van der Waals surface area (Å²) >= 11 is 13.4. The van der Waals surface area contributed by atoms with Gasteiger partial charge in [-0.05, 0) is 31.5 Å². The lowest BCUT2D eigenvalue weighted by atomic mass is 10.2. The van der Waals surface area contributed by atoms with Crippen LogP contribution >= 0.6 is 35.0 Å². The molecule has 2 atom stereocenters. The number of rotatable bonds is 4. The van der Waals surface area contributed by atoms with Crippen molar-refractivity contribution in [3.63, 3.8) is 0 Å². The van der Waals surface area contributed by atoms with Crippen molar-refractivity contribution >= 4 is 58.4 Å². The Morgan fingerprint density at radius 2 is 2.12 bits per heavy atom. The van der Waals surface area contributed by atoms with Gasteiger partial charge in [-0.2, -0.15) is 0 Å². The van der Waals surface area contributed by atoms with Crippen molar-refractivity contribution < 1.29 is 14.4 Å². The maximum absolute atomic E-state index is 12.8. The molecule has 0 bridgehead atoms. The van der Waals surface area contributed by atoms with E-state index in [-0.39, 0.29) is 29.1 Å². The molecule has 2 aliphatic heterocycles. The minimum atomic E-state index is -0.511. The molecule has 2 fully saturated rings. The second kappa shape index (κ2) is 7.29. The highest BCUT2D eigenvalue weighted by Gasteiger charge is 2.53. The Balaban J connectivity index is 1.61. The molecule has 0 saturated carbocycles. The molecule has 6 nitrogen and oxygen atoms in total. The zero-order valence-electron chi connectivity index (χ0n) is 14.4. The molecule has 9 heteroatoms. The number of benzene rings is 1. The second-order valence-corrected chi connectivity index (χ2v) is 8.95. The van der Waals surface area contributed by atoms with E-state index in [4.69, 9.17) is 23.2 Å². The predicted molar refractivity (Wildman–Crippen MR) is 103 cm³/mol. The Labute approximate surface area is 166 Å². The number of carbonyl (C=O) groups excluding carboxylic acids is 3. The van der Waals surface area contributed by atoms with Crippen molar-refractivity contribution in [1.82, 2.24) is 9.80 Å². The first kappa shape index (κ1) is 19.3. The molecule has 0 unspecified atom stereocenters. The molecule has 3 amide bonds. The number of anilines is 1. The molecule has 2 heterocycles. The normalized spacial score (nSPS) is 24.5. The molecular weight excluding hydrogens is 397 g/mol. The van der Waals surface area contributed by atoms with Gasteiger partial charge in [0, 0.05) is 24.9 Å². The number of hydrogen-bond acceptors (Lipinski definition) is 4. The number of fused-ring (bicyclic) bond motifs is 1. The third kappa shape index (κ3) is 3.66. The molecule has 1 aromatic rings. The number of thioether (sulfide) groups is 1. The van der Waals surface area contributed by atoms with Gasteiger partial charge < -0.3 is 15.1 Å². The molecule has 2 aliphatic rings. The van der Waals surface area contributed by atoms with Crippen LogP contribution in [0.15, 0.2) is 18.2 Å². The summed E-state index contributed by atoms with van der Waals surface area (Å²) in [4.78, 5) is 39.9. The smallest absolute Gasteiger partial charge is 0.246 e. The summed E-state index contributed by atoms with van der Waals surface area (Å²) in [6.07, 6.45) is 1.22. The van der Waals surface area contributed by atoms with E-state index in [0.29, 0.717) is 27.9 Å². The van der Waals surface area contributed by atoms with Crippen LogP contribution in [-0.4, -0.2) is 57.8 Å². The SMILES string of the molecule is CN(CC(=O)Nc1ccc(Cl)c(Cl)c1)C(=O)[C@H]1CS[C@@]2(C)CCC(=O)N12. The minimum Gasteiger partial charge on any atom is -0.335 e. The number of nitrogens with zero attached hydrogens (tertiary/aromatic N) is 2. The number of likely N-dealkylation sites (N-methyl/N-ethyl adjacent to an activating group) is 1. The fraction of sp³-hybridized carbons (Fsp3) is 0.471. The lowest BCUT2D eigenvalue weighted by molar-refractivity contribution is -0.143. The van der Waals surface area contributed by atoms with Crippen LogP contribution in [-0.2, 0) is 14.4 Å². The van der Waals surface area contributed by atoms with Crippen molar-refractivity contribution in [2.45, 2.75) is 30.7 Å².